The Balaban J connectivity index is 1.79. The first-order chi connectivity index (χ1) is 17.5. The Morgan fingerprint density at radius 1 is 1.00 bits per heavy atom. The van der Waals surface area contributed by atoms with E-state index in [0.29, 0.717) is 32.8 Å². The van der Waals surface area contributed by atoms with Gasteiger partial charge < -0.3 is 15.2 Å². The lowest BCUT2D eigenvalue weighted by molar-refractivity contribution is 0.102. The maximum absolute atomic E-state index is 13.1. The molecule has 0 heterocycles. The van der Waals surface area contributed by atoms with E-state index >= 15 is 0 Å². The Labute approximate surface area is 222 Å². The van der Waals surface area contributed by atoms with Crippen molar-refractivity contribution in [2.24, 2.45) is 10.2 Å². The minimum absolute atomic E-state index is 0.0150. The molecule has 0 radical (unpaired) electrons. The lowest BCUT2D eigenvalue weighted by Gasteiger charge is -2.12. The standard InChI is InChI=1S/C25H19Cl2N3O6S/c1-13-9-19(27)22(37(33,34)35)12-20(13)29-30-23-16-6-4-3-5-14(16)10-17(24(23)31)25(32)28-15-7-8-21(36-2)18(26)11-15/h3-12,31H,1-2H3,(H,28,32)(H,33,34,35). The number of azo groups is 1. The van der Waals surface area contributed by atoms with Gasteiger partial charge in [-0.1, -0.05) is 47.5 Å². The van der Waals surface area contributed by atoms with Crippen LogP contribution in [-0.2, 0) is 10.1 Å². The highest BCUT2D eigenvalue weighted by Gasteiger charge is 2.20. The molecule has 0 unspecified atom stereocenters. The molecule has 0 bridgehead atoms. The summed E-state index contributed by atoms with van der Waals surface area (Å²) in [6.07, 6.45) is 0. The van der Waals surface area contributed by atoms with Crippen molar-refractivity contribution >= 4 is 67.1 Å². The molecule has 0 spiro atoms. The number of carbonyl (C=O) groups excluding carboxylic acids is 1. The van der Waals surface area contributed by atoms with Crippen LogP contribution in [0.5, 0.6) is 11.5 Å². The molecule has 9 nitrogen and oxygen atoms in total. The van der Waals surface area contributed by atoms with Gasteiger partial charge in [0.2, 0.25) is 0 Å². The number of fused-ring (bicyclic) bond motifs is 1. The molecule has 4 rings (SSSR count). The number of rotatable bonds is 6. The fourth-order valence-corrected chi connectivity index (χ4v) is 4.92. The first-order valence-electron chi connectivity index (χ1n) is 10.6. The number of hydrogen-bond acceptors (Lipinski definition) is 7. The van der Waals surface area contributed by atoms with E-state index in [1.54, 1.807) is 43.3 Å². The van der Waals surface area contributed by atoms with Gasteiger partial charge >= 0.3 is 0 Å². The molecule has 0 aliphatic rings. The lowest BCUT2D eigenvalue weighted by Crippen LogP contribution is -2.12. The van der Waals surface area contributed by atoms with Crippen LogP contribution in [-0.4, -0.2) is 31.1 Å². The van der Waals surface area contributed by atoms with Gasteiger partial charge in [-0.3, -0.25) is 9.35 Å². The van der Waals surface area contributed by atoms with Gasteiger partial charge in [-0.05, 0) is 54.3 Å². The molecule has 12 heteroatoms. The molecule has 190 valence electrons. The predicted octanol–water partition coefficient (Wildman–Crippen LogP) is 7.08. The maximum atomic E-state index is 13.1. The van der Waals surface area contributed by atoms with Crippen molar-refractivity contribution in [3.05, 3.63) is 81.8 Å². The molecule has 4 aromatic carbocycles. The van der Waals surface area contributed by atoms with Crippen LogP contribution in [0.3, 0.4) is 0 Å². The van der Waals surface area contributed by atoms with E-state index in [0.717, 1.165) is 6.07 Å². The van der Waals surface area contributed by atoms with Gasteiger partial charge in [0.25, 0.3) is 16.0 Å². The number of methoxy groups -OCH3 is 1. The van der Waals surface area contributed by atoms with Gasteiger partial charge in [-0.25, -0.2) is 0 Å². The molecule has 0 aromatic heterocycles. The number of aromatic hydroxyl groups is 1. The monoisotopic (exact) mass is 559 g/mol. The van der Waals surface area contributed by atoms with E-state index < -0.39 is 26.7 Å². The SMILES string of the molecule is COc1ccc(NC(=O)c2cc3ccccc3c(N=Nc3cc(S(=O)(=O)O)c(Cl)cc3C)c2O)cc1Cl. The zero-order valence-electron chi connectivity index (χ0n) is 19.4. The zero-order chi connectivity index (χ0) is 26.9. The maximum Gasteiger partial charge on any atom is 0.296 e. The number of aryl methyl sites for hydroxylation is 1. The van der Waals surface area contributed by atoms with E-state index in [-0.39, 0.29) is 22.0 Å². The number of carbonyl (C=O) groups is 1. The van der Waals surface area contributed by atoms with Crippen LogP contribution in [0.2, 0.25) is 10.0 Å². The number of ether oxygens (including phenoxy) is 1. The van der Waals surface area contributed by atoms with Crippen LogP contribution < -0.4 is 10.1 Å². The summed E-state index contributed by atoms with van der Waals surface area (Å²) >= 11 is 12.1. The summed E-state index contributed by atoms with van der Waals surface area (Å²) < 4.78 is 37.8. The van der Waals surface area contributed by atoms with Crippen LogP contribution in [0.25, 0.3) is 10.8 Å². The van der Waals surface area contributed by atoms with Crippen molar-refractivity contribution in [2.75, 3.05) is 12.4 Å². The molecule has 0 saturated heterocycles. The summed E-state index contributed by atoms with van der Waals surface area (Å²) in [6.45, 7) is 1.62. The van der Waals surface area contributed by atoms with E-state index in [2.05, 4.69) is 15.5 Å². The number of hydrogen-bond donors (Lipinski definition) is 3. The van der Waals surface area contributed by atoms with E-state index in [1.165, 1.54) is 25.3 Å². The molecule has 0 aliphatic heterocycles. The second-order valence-electron chi connectivity index (χ2n) is 7.89. The average Bonchev–Trinajstić information content (AvgIpc) is 2.83. The molecule has 4 aromatic rings. The molecule has 0 aliphatic carbocycles. The number of halogens is 2. The normalized spacial score (nSPS) is 11.7. The summed E-state index contributed by atoms with van der Waals surface area (Å²) in [5.74, 6) is -0.635. The Kier molecular flexibility index (Phi) is 7.37. The predicted molar refractivity (Wildman–Crippen MR) is 142 cm³/mol. The third-order valence-electron chi connectivity index (χ3n) is 5.44. The van der Waals surface area contributed by atoms with Gasteiger partial charge in [0.1, 0.15) is 16.3 Å². The fraction of sp³-hybridized carbons (Fsp3) is 0.0800. The van der Waals surface area contributed by atoms with E-state index in [1.807, 2.05) is 0 Å². The van der Waals surface area contributed by atoms with Gasteiger partial charge in [0, 0.05) is 11.1 Å². The van der Waals surface area contributed by atoms with Gasteiger partial charge in [0.15, 0.2) is 5.75 Å². The van der Waals surface area contributed by atoms with E-state index in [9.17, 15) is 22.9 Å². The van der Waals surface area contributed by atoms with Crippen molar-refractivity contribution in [1.82, 2.24) is 0 Å². The second-order valence-corrected chi connectivity index (χ2v) is 10.1. The first-order valence-corrected chi connectivity index (χ1v) is 12.8. The van der Waals surface area contributed by atoms with Gasteiger partial charge in [0.05, 0.1) is 28.4 Å². The van der Waals surface area contributed by atoms with Crippen molar-refractivity contribution < 1.29 is 27.6 Å². The molecular weight excluding hydrogens is 541 g/mol. The quantitative estimate of drug-likeness (QED) is 0.170. The average molecular weight is 560 g/mol. The Morgan fingerprint density at radius 2 is 1.73 bits per heavy atom. The number of amides is 1. The topological polar surface area (TPSA) is 138 Å². The third kappa shape index (κ3) is 5.52. The summed E-state index contributed by atoms with van der Waals surface area (Å²) in [5.41, 5.74) is 0.837. The highest BCUT2D eigenvalue weighted by Crippen LogP contribution is 2.40. The Hall–Kier alpha value is -3.70. The third-order valence-corrected chi connectivity index (χ3v) is 7.05. The first kappa shape index (κ1) is 26.4. The van der Waals surface area contributed by atoms with Crippen molar-refractivity contribution in [2.45, 2.75) is 11.8 Å². The smallest absolute Gasteiger partial charge is 0.296 e. The molecule has 1 amide bonds. The van der Waals surface area contributed by atoms with Crippen molar-refractivity contribution in [3.8, 4) is 11.5 Å². The number of benzene rings is 4. The second kappa shape index (κ2) is 10.3. The Bertz CT molecular complexity index is 1690. The molecule has 37 heavy (non-hydrogen) atoms. The zero-order valence-corrected chi connectivity index (χ0v) is 21.7. The molecule has 0 saturated carbocycles. The van der Waals surface area contributed by atoms with Crippen LogP contribution in [0.4, 0.5) is 17.1 Å². The molecular formula is C25H19Cl2N3O6S. The fourth-order valence-electron chi connectivity index (χ4n) is 3.59. The number of phenolic OH excluding ortho intramolecular Hbond substituents is 1. The summed E-state index contributed by atoms with van der Waals surface area (Å²) in [7, 11) is -3.14. The van der Waals surface area contributed by atoms with E-state index in [4.69, 9.17) is 27.9 Å². The number of anilines is 1. The highest BCUT2D eigenvalue weighted by atomic mass is 35.5. The number of nitrogens with zero attached hydrogens (tertiary/aromatic N) is 2. The number of nitrogens with one attached hydrogen (secondary N) is 1. The van der Waals surface area contributed by atoms with Crippen molar-refractivity contribution in [3.63, 3.8) is 0 Å². The molecule has 3 N–H and O–H groups in total. The largest absolute Gasteiger partial charge is 0.505 e. The number of phenols is 1. The minimum Gasteiger partial charge on any atom is -0.505 e. The minimum atomic E-state index is -4.61. The summed E-state index contributed by atoms with van der Waals surface area (Å²) in [6, 6.07) is 15.5. The van der Waals surface area contributed by atoms with Gasteiger partial charge in [-0.15, -0.1) is 5.11 Å². The molecule has 0 fully saturated rings. The van der Waals surface area contributed by atoms with Crippen LogP contribution in [0.1, 0.15) is 15.9 Å². The summed E-state index contributed by atoms with van der Waals surface area (Å²) in [5, 5.41) is 23.1. The van der Waals surface area contributed by atoms with Gasteiger partial charge in [-0.2, -0.15) is 13.5 Å². The van der Waals surface area contributed by atoms with Crippen LogP contribution in [0.15, 0.2) is 75.8 Å². The van der Waals surface area contributed by atoms with Crippen molar-refractivity contribution in [1.29, 1.82) is 0 Å². The van der Waals surface area contributed by atoms with Crippen LogP contribution in [0, 0.1) is 6.92 Å². The highest BCUT2D eigenvalue weighted by molar-refractivity contribution is 7.86. The molecule has 0 atom stereocenters. The lowest BCUT2D eigenvalue weighted by atomic mass is 10.0. The Morgan fingerprint density at radius 3 is 2.41 bits per heavy atom. The summed E-state index contributed by atoms with van der Waals surface area (Å²) in [4.78, 5) is 12.6. The van der Waals surface area contributed by atoms with Crippen LogP contribution >= 0.6 is 23.2 Å².